The summed E-state index contributed by atoms with van der Waals surface area (Å²) >= 11 is 0. The smallest absolute Gasteiger partial charge is 0.324 e. The van der Waals surface area contributed by atoms with Gasteiger partial charge in [-0.15, -0.1) is 5.10 Å². The highest BCUT2D eigenvalue weighted by Gasteiger charge is 2.20. The van der Waals surface area contributed by atoms with Crippen LogP contribution >= 0.6 is 0 Å². The number of nitrogens with one attached hydrogen (secondary N) is 2. The van der Waals surface area contributed by atoms with Crippen LogP contribution in [-0.4, -0.2) is 45.9 Å². The highest BCUT2D eigenvalue weighted by molar-refractivity contribution is 5.99. The third kappa shape index (κ3) is 6.22. The number of amides is 2. The Morgan fingerprint density at radius 1 is 1.03 bits per heavy atom. The highest BCUT2D eigenvalue weighted by atomic mass is 16.5. The molecule has 0 saturated carbocycles. The van der Waals surface area contributed by atoms with E-state index in [0.29, 0.717) is 29.6 Å². The minimum Gasteiger partial charge on any atom is -0.492 e. The molecule has 1 aliphatic rings. The van der Waals surface area contributed by atoms with Gasteiger partial charge in [0.15, 0.2) is 5.82 Å². The molecule has 1 aliphatic heterocycles. The number of rotatable bonds is 7. The molecule has 0 aliphatic carbocycles. The van der Waals surface area contributed by atoms with Gasteiger partial charge >= 0.3 is 6.03 Å². The fourth-order valence-corrected chi connectivity index (χ4v) is 4.52. The van der Waals surface area contributed by atoms with Crippen LogP contribution in [0.5, 0.6) is 5.75 Å². The number of hydrogen-bond acceptors (Lipinski definition) is 7. The first-order chi connectivity index (χ1) is 18.8. The van der Waals surface area contributed by atoms with Crippen molar-refractivity contribution in [1.82, 2.24) is 20.2 Å². The maximum Gasteiger partial charge on any atom is 0.324 e. The molecule has 0 unspecified atom stereocenters. The van der Waals surface area contributed by atoms with Gasteiger partial charge in [0, 0.05) is 47.6 Å². The molecule has 0 spiro atoms. The number of ether oxygens (including phenoxy) is 1. The summed E-state index contributed by atoms with van der Waals surface area (Å²) < 4.78 is 13.0. The summed E-state index contributed by atoms with van der Waals surface area (Å²) in [6, 6.07) is 15.0. The molecule has 1 saturated heterocycles. The lowest BCUT2D eigenvalue weighted by atomic mass is 9.93. The molecular weight excluding hydrogens is 494 g/mol. The molecular formula is C29H35N7O3. The van der Waals surface area contributed by atoms with Crippen LogP contribution in [0.1, 0.15) is 52.7 Å². The first-order valence-corrected chi connectivity index (χ1v) is 13.4. The predicted molar refractivity (Wildman–Crippen MR) is 152 cm³/mol. The van der Waals surface area contributed by atoms with Crippen LogP contribution in [0.3, 0.4) is 0 Å². The fraction of sp³-hybridized carbons (Fsp3) is 0.379. The molecule has 39 heavy (non-hydrogen) atoms. The predicted octanol–water partition coefficient (Wildman–Crippen LogP) is 6.25. The minimum absolute atomic E-state index is 0.192. The number of hydrogen-bond donors (Lipinski definition) is 2. The van der Waals surface area contributed by atoms with Crippen molar-refractivity contribution in [3.63, 3.8) is 0 Å². The zero-order valence-corrected chi connectivity index (χ0v) is 22.9. The number of anilines is 3. The summed E-state index contributed by atoms with van der Waals surface area (Å²) in [5, 5.41) is 18.2. The van der Waals surface area contributed by atoms with Crippen molar-refractivity contribution in [3.05, 3.63) is 60.5 Å². The molecule has 2 aromatic carbocycles. The fourth-order valence-electron chi connectivity index (χ4n) is 4.52. The van der Waals surface area contributed by atoms with Gasteiger partial charge in [-0.05, 0) is 50.5 Å². The van der Waals surface area contributed by atoms with Crippen LogP contribution in [0.25, 0.3) is 16.9 Å². The largest absolute Gasteiger partial charge is 0.492 e. The van der Waals surface area contributed by atoms with Gasteiger partial charge in [-0.2, -0.15) is 0 Å². The molecule has 0 bridgehead atoms. The molecule has 0 radical (unpaired) electrons. The van der Waals surface area contributed by atoms with Gasteiger partial charge in [0.25, 0.3) is 0 Å². The molecule has 2 amide bonds. The summed E-state index contributed by atoms with van der Waals surface area (Å²) in [6.07, 6.45) is 5.61. The summed E-state index contributed by atoms with van der Waals surface area (Å²) in [7, 11) is 0. The van der Waals surface area contributed by atoms with E-state index in [4.69, 9.17) is 9.26 Å². The Morgan fingerprint density at radius 2 is 1.79 bits per heavy atom. The van der Waals surface area contributed by atoms with Gasteiger partial charge in [0.2, 0.25) is 0 Å². The molecule has 10 nitrogen and oxygen atoms in total. The Hall–Kier alpha value is -4.34. The van der Waals surface area contributed by atoms with E-state index in [2.05, 4.69) is 43.1 Å². The van der Waals surface area contributed by atoms with E-state index < -0.39 is 6.03 Å². The van der Waals surface area contributed by atoms with Crippen molar-refractivity contribution in [1.29, 1.82) is 0 Å². The van der Waals surface area contributed by atoms with Crippen LogP contribution in [0, 0.1) is 0 Å². The lowest BCUT2D eigenvalue weighted by Gasteiger charge is -2.29. The van der Waals surface area contributed by atoms with Crippen LogP contribution in [0.4, 0.5) is 22.0 Å². The Balaban J connectivity index is 1.26. The molecule has 2 N–H and O–H groups in total. The Kier molecular flexibility index (Phi) is 7.53. The van der Waals surface area contributed by atoms with Crippen molar-refractivity contribution >= 4 is 23.2 Å². The van der Waals surface area contributed by atoms with E-state index in [9.17, 15) is 4.79 Å². The van der Waals surface area contributed by atoms with Crippen LogP contribution in [0.2, 0.25) is 0 Å². The first-order valence-electron chi connectivity index (χ1n) is 13.4. The quantitative estimate of drug-likeness (QED) is 0.291. The maximum atomic E-state index is 12.4. The van der Waals surface area contributed by atoms with Crippen LogP contribution in [-0.2, 0) is 5.41 Å². The zero-order chi connectivity index (χ0) is 27.4. The normalized spacial score (nSPS) is 13.8. The SMILES string of the molecule is CCOc1cc(N2CCCCC2)ccc1-n1cc(-c2ccc(NC(=O)Nc3cc(C(C)(C)C)on3)cc2)nn1. The van der Waals surface area contributed by atoms with E-state index in [1.807, 2.05) is 64.2 Å². The van der Waals surface area contributed by atoms with Crippen molar-refractivity contribution in [3.8, 4) is 22.7 Å². The average Bonchev–Trinajstić information content (AvgIpc) is 3.60. The van der Waals surface area contributed by atoms with Gasteiger partial charge in [-0.3, -0.25) is 5.32 Å². The molecule has 10 heteroatoms. The molecule has 5 rings (SSSR count). The number of piperidine rings is 1. The number of aromatic nitrogens is 4. The number of carbonyl (C=O) groups is 1. The first kappa shape index (κ1) is 26.3. The van der Waals surface area contributed by atoms with Crippen molar-refractivity contribution < 1.29 is 14.1 Å². The second-order valence-corrected chi connectivity index (χ2v) is 10.7. The Morgan fingerprint density at radius 3 is 2.49 bits per heavy atom. The monoisotopic (exact) mass is 529 g/mol. The topological polar surface area (TPSA) is 110 Å². The van der Waals surface area contributed by atoms with Crippen molar-refractivity contribution in [2.45, 2.75) is 52.4 Å². The van der Waals surface area contributed by atoms with Gasteiger partial charge < -0.3 is 19.5 Å². The lowest BCUT2D eigenvalue weighted by molar-refractivity contribution is 0.262. The van der Waals surface area contributed by atoms with Gasteiger partial charge in [-0.25, -0.2) is 9.48 Å². The number of benzene rings is 2. The van der Waals surface area contributed by atoms with Gasteiger partial charge in [-0.1, -0.05) is 43.3 Å². The van der Waals surface area contributed by atoms with Crippen molar-refractivity contribution in [2.24, 2.45) is 0 Å². The average molecular weight is 530 g/mol. The molecule has 204 valence electrons. The standard InChI is InChI=1S/C29H35N7O3/c1-5-38-25-17-22(35-15-7-6-8-16-35)13-14-24(25)36-19-23(32-34-36)20-9-11-21(12-10-20)30-28(37)31-27-18-26(39-33-27)29(2,3)4/h9-14,17-19H,5-8,15-16H2,1-4H3,(H2,30,31,33,37). The van der Waals surface area contributed by atoms with E-state index in [1.54, 1.807) is 10.7 Å². The summed E-state index contributed by atoms with van der Waals surface area (Å²) in [5.41, 5.74) is 4.05. The summed E-state index contributed by atoms with van der Waals surface area (Å²) in [6.45, 7) is 10.7. The summed E-state index contributed by atoms with van der Waals surface area (Å²) in [5.74, 6) is 1.84. The molecule has 3 heterocycles. The number of carbonyl (C=O) groups excluding carboxylic acids is 1. The number of nitrogens with zero attached hydrogens (tertiary/aromatic N) is 5. The molecule has 0 atom stereocenters. The minimum atomic E-state index is -0.404. The van der Waals surface area contributed by atoms with Crippen LogP contribution < -0.4 is 20.3 Å². The zero-order valence-electron chi connectivity index (χ0n) is 22.9. The second-order valence-electron chi connectivity index (χ2n) is 10.7. The van der Waals surface area contributed by atoms with E-state index >= 15 is 0 Å². The molecule has 1 fully saturated rings. The van der Waals surface area contributed by atoms with E-state index in [0.717, 1.165) is 30.1 Å². The van der Waals surface area contributed by atoms with E-state index in [-0.39, 0.29) is 5.41 Å². The van der Waals surface area contributed by atoms with Crippen LogP contribution in [0.15, 0.2) is 59.3 Å². The maximum absolute atomic E-state index is 12.4. The Labute approximate surface area is 228 Å². The Bertz CT molecular complexity index is 1410. The second kappa shape index (κ2) is 11.2. The summed E-state index contributed by atoms with van der Waals surface area (Å²) in [4.78, 5) is 14.8. The van der Waals surface area contributed by atoms with E-state index in [1.165, 1.54) is 24.9 Å². The highest BCUT2D eigenvalue weighted by Crippen LogP contribution is 2.31. The molecule has 4 aromatic rings. The van der Waals surface area contributed by atoms with Crippen molar-refractivity contribution in [2.75, 3.05) is 35.2 Å². The lowest BCUT2D eigenvalue weighted by Crippen LogP contribution is -2.29. The third-order valence-corrected chi connectivity index (χ3v) is 6.63. The third-order valence-electron chi connectivity index (χ3n) is 6.63. The molecule has 2 aromatic heterocycles. The van der Waals surface area contributed by atoms with Gasteiger partial charge in [0.1, 0.15) is 22.9 Å². The van der Waals surface area contributed by atoms with Gasteiger partial charge in [0.05, 0.1) is 12.8 Å². The number of urea groups is 1.